The molecule has 1 aliphatic heterocycles. The second-order valence-corrected chi connectivity index (χ2v) is 3.29. The normalized spacial score (nSPS) is 21.3. The van der Waals surface area contributed by atoms with Gasteiger partial charge in [-0.15, -0.1) is 0 Å². The maximum absolute atomic E-state index is 10.5. The molecule has 1 aromatic rings. The van der Waals surface area contributed by atoms with Crippen molar-refractivity contribution in [2.24, 2.45) is 0 Å². The number of rotatable bonds is 3. The zero-order valence-electron chi connectivity index (χ0n) is 7.60. The summed E-state index contributed by atoms with van der Waals surface area (Å²) in [6.45, 7) is 0.706. The summed E-state index contributed by atoms with van der Waals surface area (Å²) in [5, 5.41) is 12.2. The molecule has 2 heterocycles. The molecular formula is C9H11NO4. The molecule has 0 saturated carbocycles. The summed E-state index contributed by atoms with van der Waals surface area (Å²) in [6, 6.07) is 0. The first-order valence-electron chi connectivity index (χ1n) is 4.54. The van der Waals surface area contributed by atoms with Crippen LogP contribution in [0.1, 0.15) is 30.3 Å². The van der Waals surface area contributed by atoms with E-state index >= 15 is 0 Å². The van der Waals surface area contributed by atoms with Crippen molar-refractivity contribution in [3.8, 4) is 0 Å². The molecule has 0 aromatic carbocycles. The topological polar surface area (TPSA) is 72.6 Å². The van der Waals surface area contributed by atoms with E-state index in [1.807, 2.05) is 0 Å². The van der Waals surface area contributed by atoms with Crippen LogP contribution < -0.4 is 0 Å². The predicted molar refractivity (Wildman–Crippen MR) is 45.8 cm³/mol. The van der Waals surface area contributed by atoms with Crippen molar-refractivity contribution in [2.75, 3.05) is 6.61 Å². The van der Waals surface area contributed by atoms with Gasteiger partial charge in [-0.25, -0.2) is 0 Å². The van der Waals surface area contributed by atoms with Crippen molar-refractivity contribution in [1.82, 2.24) is 5.16 Å². The van der Waals surface area contributed by atoms with Crippen LogP contribution in [0.15, 0.2) is 10.7 Å². The number of ether oxygens (including phenoxy) is 1. The number of hydrogen-bond donors (Lipinski definition) is 1. The van der Waals surface area contributed by atoms with E-state index in [0.29, 0.717) is 17.9 Å². The second kappa shape index (κ2) is 3.79. The summed E-state index contributed by atoms with van der Waals surface area (Å²) in [5.41, 5.74) is 0.615. The van der Waals surface area contributed by atoms with Gasteiger partial charge in [-0.1, -0.05) is 5.16 Å². The quantitative estimate of drug-likeness (QED) is 0.786. The monoisotopic (exact) mass is 197 g/mol. The minimum atomic E-state index is -0.882. The van der Waals surface area contributed by atoms with Gasteiger partial charge in [-0.3, -0.25) is 4.79 Å². The van der Waals surface area contributed by atoms with Gasteiger partial charge in [0.2, 0.25) is 0 Å². The molecule has 0 radical (unpaired) electrons. The van der Waals surface area contributed by atoms with Crippen LogP contribution in [0, 0.1) is 0 Å². The molecule has 1 atom stereocenters. The number of nitrogens with zero attached hydrogens (tertiary/aromatic N) is 1. The third kappa shape index (κ3) is 1.77. The SMILES string of the molecule is O=C(O)Cc1cnoc1C1CCCO1. The number of carboxylic acid groups (broad SMARTS) is 1. The Morgan fingerprint density at radius 3 is 3.21 bits per heavy atom. The molecule has 1 aliphatic rings. The second-order valence-electron chi connectivity index (χ2n) is 3.29. The zero-order valence-corrected chi connectivity index (χ0v) is 7.60. The molecule has 2 rings (SSSR count). The van der Waals surface area contributed by atoms with Gasteiger partial charge in [0.1, 0.15) is 6.10 Å². The van der Waals surface area contributed by atoms with Crippen LogP contribution in [0.5, 0.6) is 0 Å². The molecule has 1 saturated heterocycles. The third-order valence-corrected chi connectivity index (χ3v) is 2.24. The van der Waals surface area contributed by atoms with Gasteiger partial charge in [0.15, 0.2) is 5.76 Å². The minimum absolute atomic E-state index is 0.0569. The molecule has 1 N–H and O–H groups in total. The van der Waals surface area contributed by atoms with Gasteiger partial charge >= 0.3 is 5.97 Å². The molecule has 14 heavy (non-hydrogen) atoms. The number of carbonyl (C=O) groups is 1. The molecule has 0 bridgehead atoms. The van der Waals surface area contributed by atoms with E-state index in [4.69, 9.17) is 14.4 Å². The molecule has 76 valence electrons. The minimum Gasteiger partial charge on any atom is -0.481 e. The van der Waals surface area contributed by atoms with Gasteiger partial charge < -0.3 is 14.4 Å². The Balaban J connectivity index is 2.15. The molecular weight excluding hydrogens is 186 g/mol. The first-order valence-corrected chi connectivity index (χ1v) is 4.54. The van der Waals surface area contributed by atoms with Crippen molar-refractivity contribution in [2.45, 2.75) is 25.4 Å². The van der Waals surface area contributed by atoms with E-state index < -0.39 is 5.97 Å². The van der Waals surface area contributed by atoms with Gasteiger partial charge in [0, 0.05) is 12.2 Å². The highest BCUT2D eigenvalue weighted by Crippen LogP contribution is 2.30. The van der Waals surface area contributed by atoms with Crippen molar-refractivity contribution < 1.29 is 19.2 Å². The molecule has 1 unspecified atom stereocenters. The Morgan fingerprint density at radius 2 is 2.57 bits per heavy atom. The summed E-state index contributed by atoms with van der Waals surface area (Å²) in [6.07, 6.45) is 3.15. The third-order valence-electron chi connectivity index (χ3n) is 2.24. The van der Waals surface area contributed by atoms with Crippen LogP contribution in [0.25, 0.3) is 0 Å². The van der Waals surface area contributed by atoms with Gasteiger partial charge in [0.05, 0.1) is 12.6 Å². The first-order chi connectivity index (χ1) is 6.77. The molecule has 1 fully saturated rings. The Kier molecular flexibility index (Phi) is 2.49. The average molecular weight is 197 g/mol. The van der Waals surface area contributed by atoms with E-state index in [9.17, 15) is 4.79 Å². The van der Waals surface area contributed by atoms with Crippen LogP contribution in [0.4, 0.5) is 0 Å². The Morgan fingerprint density at radius 1 is 1.71 bits per heavy atom. The molecule has 0 spiro atoms. The van der Waals surface area contributed by atoms with Crippen LogP contribution in [-0.2, 0) is 16.0 Å². The maximum atomic E-state index is 10.5. The predicted octanol–water partition coefficient (Wildman–Crippen LogP) is 1.15. The van der Waals surface area contributed by atoms with Gasteiger partial charge in [0.25, 0.3) is 0 Å². The first kappa shape index (κ1) is 9.21. The summed E-state index contributed by atoms with van der Waals surface area (Å²) >= 11 is 0. The van der Waals surface area contributed by atoms with Crippen molar-refractivity contribution in [3.05, 3.63) is 17.5 Å². The molecule has 0 amide bonds. The van der Waals surface area contributed by atoms with Crippen LogP contribution in [0.2, 0.25) is 0 Å². The fourth-order valence-corrected chi connectivity index (χ4v) is 1.61. The van der Waals surface area contributed by atoms with Crippen molar-refractivity contribution in [1.29, 1.82) is 0 Å². The van der Waals surface area contributed by atoms with E-state index in [1.165, 1.54) is 6.20 Å². The fraction of sp³-hybridized carbons (Fsp3) is 0.556. The smallest absolute Gasteiger partial charge is 0.308 e. The zero-order chi connectivity index (χ0) is 9.97. The molecule has 0 aliphatic carbocycles. The maximum Gasteiger partial charge on any atom is 0.308 e. The fourth-order valence-electron chi connectivity index (χ4n) is 1.61. The lowest BCUT2D eigenvalue weighted by molar-refractivity contribution is -0.136. The molecule has 5 heteroatoms. The highest BCUT2D eigenvalue weighted by molar-refractivity contribution is 5.70. The Labute approximate surface area is 80.6 Å². The lowest BCUT2D eigenvalue weighted by atomic mass is 10.1. The summed E-state index contributed by atoms with van der Waals surface area (Å²) in [5.74, 6) is -0.308. The number of hydrogen-bond acceptors (Lipinski definition) is 4. The van der Waals surface area contributed by atoms with E-state index in [-0.39, 0.29) is 12.5 Å². The van der Waals surface area contributed by atoms with E-state index in [0.717, 1.165) is 12.8 Å². The molecule has 1 aromatic heterocycles. The lowest BCUT2D eigenvalue weighted by Gasteiger charge is -2.05. The van der Waals surface area contributed by atoms with E-state index in [1.54, 1.807) is 0 Å². The Bertz CT molecular complexity index is 327. The van der Waals surface area contributed by atoms with Crippen LogP contribution in [0.3, 0.4) is 0 Å². The number of aliphatic carboxylic acids is 1. The van der Waals surface area contributed by atoms with Crippen LogP contribution in [-0.4, -0.2) is 22.8 Å². The van der Waals surface area contributed by atoms with Gasteiger partial charge in [-0.2, -0.15) is 0 Å². The number of carboxylic acids is 1. The molecule has 5 nitrogen and oxygen atoms in total. The van der Waals surface area contributed by atoms with Crippen LogP contribution >= 0.6 is 0 Å². The highest BCUT2D eigenvalue weighted by atomic mass is 16.5. The lowest BCUT2D eigenvalue weighted by Crippen LogP contribution is -2.04. The summed E-state index contributed by atoms with van der Waals surface area (Å²) in [4.78, 5) is 10.5. The summed E-state index contributed by atoms with van der Waals surface area (Å²) < 4.78 is 10.4. The standard InChI is InChI=1S/C9H11NO4/c11-8(12)4-6-5-10-14-9(6)7-2-1-3-13-7/h5,7H,1-4H2,(H,11,12). The highest BCUT2D eigenvalue weighted by Gasteiger charge is 2.25. The summed E-state index contributed by atoms with van der Waals surface area (Å²) in [7, 11) is 0. The number of aromatic nitrogens is 1. The van der Waals surface area contributed by atoms with Crippen molar-refractivity contribution >= 4 is 5.97 Å². The van der Waals surface area contributed by atoms with E-state index in [2.05, 4.69) is 5.16 Å². The Hall–Kier alpha value is -1.36. The van der Waals surface area contributed by atoms with Crippen molar-refractivity contribution in [3.63, 3.8) is 0 Å². The van der Waals surface area contributed by atoms with Gasteiger partial charge in [-0.05, 0) is 12.8 Å². The largest absolute Gasteiger partial charge is 0.481 e. The average Bonchev–Trinajstić information content (AvgIpc) is 2.70.